The van der Waals surface area contributed by atoms with Crippen LogP contribution in [-0.2, 0) is 4.74 Å². The molecule has 1 amide bonds. The number of hydrogen-bond donors (Lipinski definition) is 2. The van der Waals surface area contributed by atoms with Crippen molar-refractivity contribution in [2.75, 3.05) is 6.61 Å². The lowest BCUT2D eigenvalue weighted by Gasteiger charge is -2.32. The maximum Gasteiger partial charge on any atom is 0.258 e. The van der Waals surface area contributed by atoms with Gasteiger partial charge in [-0.25, -0.2) is 0 Å². The van der Waals surface area contributed by atoms with Crippen molar-refractivity contribution in [3.63, 3.8) is 0 Å². The zero-order chi connectivity index (χ0) is 14.0. The number of rotatable bonds is 2. The van der Waals surface area contributed by atoms with Gasteiger partial charge < -0.3 is 19.8 Å². The first kappa shape index (κ1) is 13.6. The molecule has 102 valence electrons. The molecule has 1 atom stereocenters. The Morgan fingerprint density at radius 3 is 2.53 bits per heavy atom. The van der Waals surface area contributed by atoms with Crippen LogP contribution >= 0.6 is 0 Å². The fraction of sp³-hybridized carbons (Fsp3) is 0.357. The third-order valence-corrected chi connectivity index (χ3v) is 3.09. The number of aliphatic hydroxyl groups excluding tert-OH is 1. The van der Waals surface area contributed by atoms with E-state index >= 15 is 0 Å². The minimum atomic E-state index is -1.52. The van der Waals surface area contributed by atoms with Crippen LogP contribution in [0.25, 0.3) is 0 Å². The molecular formula is C14H17NO4. The van der Waals surface area contributed by atoms with Gasteiger partial charge in [-0.3, -0.25) is 4.79 Å². The van der Waals surface area contributed by atoms with Crippen LogP contribution < -0.4 is 0 Å². The second kappa shape index (κ2) is 5.42. The van der Waals surface area contributed by atoms with Gasteiger partial charge in [-0.2, -0.15) is 0 Å². The Kier molecular flexibility index (Phi) is 3.87. The van der Waals surface area contributed by atoms with E-state index in [2.05, 4.69) is 0 Å². The summed E-state index contributed by atoms with van der Waals surface area (Å²) in [7, 11) is 0. The zero-order valence-electron chi connectivity index (χ0n) is 10.9. The van der Waals surface area contributed by atoms with Crippen LogP contribution in [0.2, 0.25) is 0 Å². The lowest BCUT2D eigenvalue weighted by atomic mass is 10.1. The summed E-state index contributed by atoms with van der Waals surface area (Å²) in [4.78, 5) is 14.1. The van der Waals surface area contributed by atoms with Gasteiger partial charge in [0.1, 0.15) is 12.9 Å². The number of amides is 1. The molecule has 2 N–H and O–H groups in total. The highest BCUT2D eigenvalue weighted by Gasteiger charge is 2.26. The molecule has 0 bridgehead atoms. The molecule has 0 aliphatic carbocycles. The summed E-state index contributed by atoms with van der Waals surface area (Å²) in [6, 6.07) is 6.21. The Balaban J connectivity index is 2.23. The average molecular weight is 263 g/mol. The van der Waals surface area contributed by atoms with Crippen molar-refractivity contribution in [1.29, 1.82) is 0 Å². The highest BCUT2D eigenvalue weighted by Crippen LogP contribution is 2.20. The summed E-state index contributed by atoms with van der Waals surface area (Å²) in [5.41, 5.74) is 1.62. The SMILES string of the molecule is CC1=COC[C@@H](C)N1C(=O)c1ccc(C(O)O)cc1. The largest absolute Gasteiger partial charge is 0.497 e. The van der Waals surface area contributed by atoms with Crippen LogP contribution in [0.3, 0.4) is 0 Å². The summed E-state index contributed by atoms with van der Waals surface area (Å²) < 4.78 is 5.24. The number of carbonyl (C=O) groups excluding carboxylic acids is 1. The maximum atomic E-state index is 12.4. The van der Waals surface area contributed by atoms with Crippen molar-refractivity contribution < 1.29 is 19.7 Å². The quantitative estimate of drug-likeness (QED) is 0.791. The van der Waals surface area contributed by atoms with E-state index in [4.69, 9.17) is 14.9 Å². The molecule has 0 saturated heterocycles. The van der Waals surface area contributed by atoms with E-state index in [0.717, 1.165) is 5.70 Å². The van der Waals surface area contributed by atoms with Gasteiger partial charge in [-0.05, 0) is 26.0 Å². The Hall–Kier alpha value is -1.85. The Labute approximate surface area is 111 Å². The Bertz CT molecular complexity index is 493. The molecule has 1 aromatic carbocycles. The van der Waals surface area contributed by atoms with E-state index in [0.29, 0.717) is 17.7 Å². The minimum absolute atomic E-state index is 0.0272. The van der Waals surface area contributed by atoms with Crippen molar-refractivity contribution in [2.45, 2.75) is 26.2 Å². The van der Waals surface area contributed by atoms with E-state index in [1.54, 1.807) is 23.3 Å². The fourth-order valence-electron chi connectivity index (χ4n) is 2.08. The van der Waals surface area contributed by atoms with Crippen molar-refractivity contribution >= 4 is 5.91 Å². The van der Waals surface area contributed by atoms with E-state index in [1.165, 1.54) is 12.1 Å². The van der Waals surface area contributed by atoms with E-state index in [-0.39, 0.29) is 11.9 Å². The lowest BCUT2D eigenvalue weighted by molar-refractivity contribution is -0.0425. The number of allylic oxidation sites excluding steroid dienone is 1. The molecule has 0 aromatic heterocycles. The molecule has 0 radical (unpaired) electrons. The van der Waals surface area contributed by atoms with Gasteiger partial charge in [-0.15, -0.1) is 0 Å². The lowest BCUT2D eigenvalue weighted by Crippen LogP contribution is -2.42. The highest BCUT2D eigenvalue weighted by atomic mass is 16.5. The third kappa shape index (κ3) is 2.77. The second-order valence-corrected chi connectivity index (χ2v) is 4.61. The fourth-order valence-corrected chi connectivity index (χ4v) is 2.08. The maximum absolute atomic E-state index is 12.4. The van der Waals surface area contributed by atoms with Crippen molar-refractivity contribution in [3.8, 4) is 0 Å². The normalized spacial score (nSPS) is 19.1. The molecule has 2 rings (SSSR count). The first-order valence-electron chi connectivity index (χ1n) is 6.08. The molecule has 1 aromatic rings. The summed E-state index contributed by atoms with van der Waals surface area (Å²) in [6.07, 6.45) is 0.0529. The van der Waals surface area contributed by atoms with Crippen LogP contribution in [0.4, 0.5) is 0 Å². The van der Waals surface area contributed by atoms with Crippen LogP contribution in [0.1, 0.15) is 36.1 Å². The van der Waals surface area contributed by atoms with Gasteiger partial charge in [0.15, 0.2) is 6.29 Å². The van der Waals surface area contributed by atoms with Crippen molar-refractivity contribution in [1.82, 2.24) is 4.90 Å². The number of nitrogens with zero attached hydrogens (tertiary/aromatic N) is 1. The predicted octanol–water partition coefficient (Wildman–Crippen LogP) is 1.39. The number of hydrogen-bond acceptors (Lipinski definition) is 4. The first-order chi connectivity index (χ1) is 9.00. The number of ether oxygens (including phenoxy) is 1. The second-order valence-electron chi connectivity index (χ2n) is 4.61. The molecule has 0 fully saturated rings. The topological polar surface area (TPSA) is 70.0 Å². The smallest absolute Gasteiger partial charge is 0.258 e. The van der Waals surface area contributed by atoms with Crippen molar-refractivity contribution in [3.05, 3.63) is 47.4 Å². The molecule has 1 aliphatic heterocycles. The number of aliphatic hydroxyl groups is 2. The van der Waals surface area contributed by atoms with Crippen molar-refractivity contribution in [2.24, 2.45) is 0 Å². The molecule has 0 saturated carbocycles. The summed E-state index contributed by atoms with van der Waals surface area (Å²) in [5, 5.41) is 18.0. The molecule has 19 heavy (non-hydrogen) atoms. The first-order valence-corrected chi connectivity index (χ1v) is 6.08. The molecule has 1 aliphatic rings. The summed E-state index contributed by atoms with van der Waals surface area (Å²) in [6.45, 7) is 4.20. The third-order valence-electron chi connectivity index (χ3n) is 3.09. The summed E-state index contributed by atoms with van der Waals surface area (Å²) >= 11 is 0. The molecule has 5 nitrogen and oxygen atoms in total. The minimum Gasteiger partial charge on any atom is -0.497 e. The Morgan fingerprint density at radius 2 is 2.00 bits per heavy atom. The highest BCUT2D eigenvalue weighted by molar-refractivity contribution is 5.95. The van der Waals surface area contributed by atoms with Gasteiger partial charge in [-0.1, -0.05) is 12.1 Å². The van der Waals surface area contributed by atoms with Crippen LogP contribution in [0.15, 0.2) is 36.2 Å². The van der Waals surface area contributed by atoms with E-state index in [9.17, 15) is 4.79 Å². The molecule has 0 unspecified atom stereocenters. The molecule has 5 heteroatoms. The standard InChI is InChI=1S/C14H17NO4/c1-9-7-19-8-10(2)15(9)13(16)11-3-5-12(6-4-11)14(17)18/h3-7,10,14,17-18H,8H2,1-2H3/t10-/m1/s1. The van der Waals surface area contributed by atoms with E-state index in [1.807, 2.05) is 13.8 Å². The molecule has 1 heterocycles. The molecule has 0 spiro atoms. The van der Waals surface area contributed by atoms with Crippen LogP contribution in [0, 0.1) is 0 Å². The molecular weight excluding hydrogens is 246 g/mol. The van der Waals surface area contributed by atoms with Gasteiger partial charge in [0.25, 0.3) is 5.91 Å². The van der Waals surface area contributed by atoms with Crippen LogP contribution in [-0.4, -0.2) is 33.7 Å². The van der Waals surface area contributed by atoms with Gasteiger partial charge in [0, 0.05) is 11.1 Å². The monoisotopic (exact) mass is 263 g/mol. The van der Waals surface area contributed by atoms with Gasteiger partial charge >= 0.3 is 0 Å². The zero-order valence-corrected chi connectivity index (χ0v) is 10.9. The predicted molar refractivity (Wildman–Crippen MR) is 69.0 cm³/mol. The number of carbonyl (C=O) groups is 1. The van der Waals surface area contributed by atoms with E-state index < -0.39 is 6.29 Å². The average Bonchev–Trinajstić information content (AvgIpc) is 2.38. The van der Waals surface area contributed by atoms with Gasteiger partial charge in [0.05, 0.1) is 11.7 Å². The number of benzene rings is 1. The van der Waals surface area contributed by atoms with Gasteiger partial charge in [0.2, 0.25) is 0 Å². The Morgan fingerprint density at radius 1 is 1.37 bits per heavy atom. The summed E-state index contributed by atoms with van der Waals surface area (Å²) in [5.74, 6) is -0.122. The van der Waals surface area contributed by atoms with Crippen LogP contribution in [0.5, 0.6) is 0 Å².